The molecule has 0 atom stereocenters. The lowest BCUT2D eigenvalue weighted by atomic mass is 10.0. The maximum absolute atomic E-state index is 12.5. The van der Waals surface area contributed by atoms with Crippen molar-refractivity contribution < 1.29 is 5.11 Å². The Bertz CT molecular complexity index is 827. The topological polar surface area (TPSA) is 110 Å². The van der Waals surface area contributed by atoms with E-state index in [0.29, 0.717) is 42.5 Å². The minimum atomic E-state index is -1.18. The van der Waals surface area contributed by atoms with E-state index in [1.54, 1.807) is 18.2 Å². The Balaban J connectivity index is 1.98. The van der Waals surface area contributed by atoms with Crippen LogP contribution in [-0.4, -0.2) is 33.5 Å². The van der Waals surface area contributed by atoms with Crippen LogP contribution in [0.2, 0.25) is 10.0 Å². The maximum atomic E-state index is 12.5. The van der Waals surface area contributed by atoms with Gasteiger partial charge < -0.3 is 21.5 Å². The second kappa shape index (κ2) is 6.25. The first-order chi connectivity index (χ1) is 11.3. The van der Waals surface area contributed by atoms with Crippen LogP contribution in [0.3, 0.4) is 0 Å². The van der Waals surface area contributed by atoms with Gasteiger partial charge in [-0.1, -0.05) is 29.3 Å². The molecule has 3 rings (SSSR count). The normalized spacial score (nSPS) is 17.1. The van der Waals surface area contributed by atoms with Crippen LogP contribution < -0.4 is 21.9 Å². The molecule has 0 bridgehead atoms. The van der Waals surface area contributed by atoms with Gasteiger partial charge in [0.25, 0.3) is 5.56 Å². The second-order valence-electron chi connectivity index (χ2n) is 5.81. The van der Waals surface area contributed by atoms with Gasteiger partial charge in [0.1, 0.15) is 11.5 Å². The molecule has 24 heavy (non-hydrogen) atoms. The Hall–Kier alpha value is -1.80. The number of benzene rings is 1. The van der Waals surface area contributed by atoms with Crippen molar-refractivity contribution in [2.75, 3.05) is 23.7 Å². The first kappa shape index (κ1) is 17.0. The Morgan fingerprint density at radius 3 is 2.54 bits per heavy atom. The smallest absolute Gasteiger partial charge is 0.261 e. The van der Waals surface area contributed by atoms with E-state index in [-0.39, 0.29) is 16.5 Å². The van der Waals surface area contributed by atoms with Crippen LogP contribution >= 0.6 is 23.2 Å². The second-order valence-corrected chi connectivity index (χ2v) is 6.59. The van der Waals surface area contributed by atoms with E-state index in [9.17, 15) is 9.90 Å². The summed E-state index contributed by atoms with van der Waals surface area (Å²) in [5.74, 6) is 0.456. The van der Waals surface area contributed by atoms with Crippen molar-refractivity contribution in [1.82, 2.24) is 9.55 Å². The first-order valence-electron chi connectivity index (χ1n) is 7.39. The average molecular weight is 370 g/mol. The number of aliphatic hydroxyl groups is 1. The number of piperidine rings is 1. The number of aromatic nitrogens is 2. The molecule has 1 aromatic heterocycles. The van der Waals surface area contributed by atoms with E-state index in [0.717, 1.165) is 0 Å². The van der Waals surface area contributed by atoms with Crippen molar-refractivity contribution in [2.24, 2.45) is 5.73 Å². The van der Waals surface area contributed by atoms with Crippen molar-refractivity contribution in [1.29, 1.82) is 0 Å². The van der Waals surface area contributed by atoms with Crippen LogP contribution in [0.25, 0.3) is 5.69 Å². The van der Waals surface area contributed by atoms with E-state index in [2.05, 4.69) is 4.98 Å². The summed E-state index contributed by atoms with van der Waals surface area (Å²) < 4.78 is 1.21. The van der Waals surface area contributed by atoms with E-state index >= 15 is 0 Å². The van der Waals surface area contributed by atoms with Crippen molar-refractivity contribution in [2.45, 2.75) is 18.6 Å². The summed E-state index contributed by atoms with van der Waals surface area (Å²) in [6.45, 7) is 0.974. The SMILES string of the molecule is Nc1nc(N2CCC(N)(O)CC2)cc(=O)n1-c1cccc(Cl)c1Cl. The highest BCUT2D eigenvalue weighted by Crippen LogP contribution is 2.29. The van der Waals surface area contributed by atoms with Gasteiger partial charge >= 0.3 is 0 Å². The average Bonchev–Trinajstić information content (AvgIpc) is 2.50. The lowest BCUT2D eigenvalue weighted by Crippen LogP contribution is -2.50. The van der Waals surface area contributed by atoms with Gasteiger partial charge in [0.05, 0.1) is 15.7 Å². The molecule has 0 radical (unpaired) electrons. The van der Waals surface area contributed by atoms with E-state index < -0.39 is 5.72 Å². The van der Waals surface area contributed by atoms with E-state index in [1.165, 1.54) is 10.6 Å². The standard InChI is InChI=1S/C15H17Cl2N5O2/c16-9-2-1-3-10(13(9)17)22-12(23)8-11(20-14(22)18)21-6-4-15(19,24)5-7-21/h1-3,8,24H,4-7,19H2,(H2,18,20). The number of nitrogens with zero attached hydrogens (tertiary/aromatic N) is 3. The molecule has 0 spiro atoms. The highest BCUT2D eigenvalue weighted by molar-refractivity contribution is 6.43. The molecule has 128 valence electrons. The molecule has 0 unspecified atom stereocenters. The summed E-state index contributed by atoms with van der Waals surface area (Å²) in [4.78, 5) is 18.7. The van der Waals surface area contributed by atoms with Crippen molar-refractivity contribution in [3.63, 3.8) is 0 Å². The van der Waals surface area contributed by atoms with Gasteiger partial charge in [-0.25, -0.2) is 4.57 Å². The number of hydrogen-bond donors (Lipinski definition) is 3. The number of nitrogens with two attached hydrogens (primary N) is 2. The predicted octanol–water partition coefficient (Wildman–Crippen LogP) is 1.37. The number of anilines is 2. The summed E-state index contributed by atoms with van der Waals surface area (Å²) in [5, 5.41) is 10.4. The third kappa shape index (κ3) is 3.21. The Morgan fingerprint density at radius 2 is 1.92 bits per heavy atom. The minimum absolute atomic E-state index is 0.00949. The molecular weight excluding hydrogens is 353 g/mol. The molecule has 1 saturated heterocycles. The molecule has 1 fully saturated rings. The molecule has 1 aliphatic rings. The largest absolute Gasteiger partial charge is 0.376 e. The molecule has 0 amide bonds. The van der Waals surface area contributed by atoms with E-state index in [4.69, 9.17) is 34.7 Å². The zero-order valence-electron chi connectivity index (χ0n) is 12.7. The van der Waals surface area contributed by atoms with Crippen molar-refractivity contribution in [3.8, 4) is 5.69 Å². The van der Waals surface area contributed by atoms with Crippen LogP contribution in [0.15, 0.2) is 29.1 Å². The van der Waals surface area contributed by atoms with Crippen LogP contribution in [-0.2, 0) is 0 Å². The number of halogens is 2. The van der Waals surface area contributed by atoms with Gasteiger partial charge in [-0.05, 0) is 12.1 Å². The van der Waals surface area contributed by atoms with Gasteiger partial charge in [-0.2, -0.15) is 4.98 Å². The number of hydrogen-bond acceptors (Lipinski definition) is 6. The van der Waals surface area contributed by atoms with Gasteiger partial charge in [-0.3, -0.25) is 4.79 Å². The molecule has 2 heterocycles. The quantitative estimate of drug-likeness (QED) is 0.689. The van der Waals surface area contributed by atoms with Crippen LogP contribution in [0, 0.1) is 0 Å². The third-order valence-corrected chi connectivity index (χ3v) is 4.87. The lowest BCUT2D eigenvalue weighted by Gasteiger charge is -2.36. The highest BCUT2D eigenvalue weighted by Gasteiger charge is 2.29. The molecule has 1 aromatic carbocycles. The molecule has 9 heteroatoms. The third-order valence-electron chi connectivity index (χ3n) is 4.06. The number of rotatable bonds is 2. The predicted molar refractivity (Wildman–Crippen MR) is 94.9 cm³/mol. The molecule has 0 saturated carbocycles. The summed E-state index contributed by atoms with van der Waals surface area (Å²) >= 11 is 12.2. The van der Waals surface area contributed by atoms with Crippen LogP contribution in [0.1, 0.15) is 12.8 Å². The molecule has 7 nitrogen and oxygen atoms in total. The summed E-state index contributed by atoms with van der Waals surface area (Å²) in [6, 6.07) is 6.32. The fourth-order valence-corrected chi connectivity index (χ4v) is 3.06. The van der Waals surface area contributed by atoms with Crippen LogP contribution in [0.5, 0.6) is 0 Å². The van der Waals surface area contributed by atoms with Gasteiger partial charge in [0.2, 0.25) is 5.95 Å². The molecule has 2 aromatic rings. The van der Waals surface area contributed by atoms with Gasteiger partial charge in [0.15, 0.2) is 0 Å². The summed E-state index contributed by atoms with van der Waals surface area (Å²) in [6.07, 6.45) is 0.773. The molecule has 1 aliphatic heterocycles. The maximum Gasteiger partial charge on any atom is 0.261 e. The summed E-state index contributed by atoms with van der Waals surface area (Å²) in [5.41, 5.74) is 10.5. The van der Waals surface area contributed by atoms with Crippen molar-refractivity contribution in [3.05, 3.63) is 44.7 Å². The van der Waals surface area contributed by atoms with Gasteiger partial charge in [-0.15, -0.1) is 0 Å². The highest BCUT2D eigenvalue weighted by atomic mass is 35.5. The Kier molecular flexibility index (Phi) is 4.44. The summed E-state index contributed by atoms with van der Waals surface area (Å²) in [7, 11) is 0. The minimum Gasteiger partial charge on any atom is -0.376 e. The van der Waals surface area contributed by atoms with Crippen LogP contribution in [0.4, 0.5) is 11.8 Å². The zero-order chi connectivity index (χ0) is 17.5. The lowest BCUT2D eigenvalue weighted by molar-refractivity contribution is 0.0225. The molecule has 5 N–H and O–H groups in total. The fraction of sp³-hybridized carbons (Fsp3) is 0.333. The van der Waals surface area contributed by atoms with Gasteiger partial charge in [0, 0.05) is 32.0 Å². The first-order valence-corrected chi connectivity index (χ1v) is 8.14. The Morgan fingerprint density at radius 1 is 1.25 bits per heavy atom. The zero-order valence-corrected chi connectivity index (χ0v) is 14.3. The Labute approximate surface area is 148 Å². The fourth-order valence-electron chi connectivity index (χ4n) is 2.68. The van der Waals surface area contributed by atoms with Crippen molar-refractivity contribution >= 4 is 35.0 Å². The van der Waals surface area contributed by atoms with E-state index in [1.807, 2.05) is 4.90 Å². The molecule has 0 aliphatic carbocycles. The molecular formula is C15H17Cl2N5O2. The number of nitrogen functional groups attached to an aromatic ring is 1. The monoisotopic (exact) mass is 369 g/mol.